The van der Waals surface area contributed by atoms with Gasteiger partial charge in [0.15, 0.2) is 0 Å². The van der Waals surface area contributed by atoms with Crippen LogP contribution in [0.3, 0.4) is 0 Å². The van der Waals surface area contributed by atoms with Crippen LogP contribution in [0.1, 0.15) is 39.0 Å². The van der Waals surface area contributed by atoms with Crippen molar-refractivity contribution in [2.45, 2.75) is 50.3 Å². The zero-order chi connectivity index (χ0) is 11.3. The quantitative estimate of drug-likeness (QED) is 0.813. The zero-order valence-electron chi connectivity index (χ0n) is 9.53. The van der Waals surface area contributed by atoms with Crippen LogP contribution in [0, 0.1) is 0 Å². The summed E-state index contributed by atoms with van der Waals surface area (Å²) in [4.78, 5) is 0. The number of thioether (sulfide) groups is 1. The first-order chi connectivity index (χ1) is 7.07. The van der Waals surface area contributed by atoms with E-state index in [2.05, 4.69) is 11.0 Å². The molecule has 0 aromatic rings. The third kappa shape index (κ3) is 4.74. The fourth-order valence-electron chi connectivity index (χ4n) is 2.00. The first kappa shape index (κ1) is 13.3. The van der Waals surface area contributed by atoms with Crippen molar-refractivity contribution < 1.29 is 8.42 Å². The molecule has 0 unspecified atom stereocenters. The second kappa shape index (κ2) is 6.11. The predicted octanol–water partition coefficient (Wildman–Crippen LogP) is 1.99. The second-order valence-corrected chi connectivity index (χ2v) is 7.16. The molecule has 1 N–H and O–H groups in total. The van der Waals surface area contributed by atoms with Gasteiger partial charge in [-0.3, -0.25) is 0 Å². The summed E-state index contributed by atoms with van der Waals surface area (Å²) in [5.41, 5.74) is 0. The van der Waals surface area contributed by atoms with Crippen LogP contribution in [0.25, 0.3) is 0 Å². The van der Waals surface area contributed by atoms with E-state index in [1.165, 1.54) is 0 Å². The van der Waals surface area contributed by atoms with E-state index in [-0.39, 0.29) is 11.8 Å². The summed E-state index contributed by atoms with van der Waals surface area (Å²) in [5, 5.41) is 0.733. The number of rotatable bonds is 5. The molecule has 0 heterocycles. The molecule has 1 rings (SSSR count). The number of sulfonamides is 1. The van der Waals surface area contributed by atoms with E-state index in [1.54, 1.807) is 0 Å². The summed E-state index contributed by atoms with van der Waals surface area (Å²) in [6.45, 7) is 1.89. The van der Waals surface area contributed by atoms with E-state index < -0.39 is 10.0 Å². The van der Waals surface area contributed by atoms with Crippen molar-refractivity contribution in [3.05, 3.63) is 0 Å². The van der Waals surface area contributed by atoms with Gasteiger partial charge in [-0.15, -0.1) is 0 Å². The van der Waals surface area contributed by atoms with Gasteiger partial charge in [-0.05, 0) is 38.4 Å². The van der Waals surface area contributed by atoms with Crippen molar-refractivity contribution in [2.24, 2.45) is 0 Å². The average molecular weight is 251 g/mol. The lowest BCUT2D eigenvalue weighted by atomic mass is 9.96. The van der Waals surface area contributed by atoms with E-state index in [9.17, 15) is 8.42 Å². The van der Waals surface area contributed by atoms with Crippen LogP contribution in [0.5, 0.6) is 0 Å². The molecule has 0 aliphatic heterocycles. The van der Waals surface area contributed by atoms with Gasteiger partial charge in [-0.2, -0.15) is 11.8 Å². The van der Waals surface area contributed by atoms with Crippen molar-refractivity contribution in [1.82, 2.24) is 4.72 Å². The highest BCUT2D eigenvalue weighted by atomic mass is 32.2. The Morgan fingerprint density at radius 2 is 1.87 bits per heavy atom. The predicted molar refractivity (Wildman–Crippen MR) is 66.8 cm³/mol. The van der Waals surface area contributed by atoms with Gasteiger partial charge in [0, 0.05) is 11.3 Å². The molecule has 3 nitrogen and oxygen atoms in total. The lowest BCUT2D eigenvalue weighted by Gasteiger charge is -2.27. The molecule has 0 radical (unpaired) electrons. The van der Waals surface area contributed by atoms with Crippen LogP contribution >= 0.6 is 11.8 Å². The smallest absolute Gasteiger partial charge is 0.211 e. The van der Waals surface area contributed by atoms with Crippen LogP contribution in [-0.2, 0) is 10.0 Å². The van der Waals surface area contributed by atoms with Gasteiger partial charge in [-0.1, -0.05) is 6.92 Å². The van der Waals surface area contributed by atoms with Crippen LogP contribution in [-0.4, -0.2) is 31.7 Å². The molecule has 90 valence electrons. The highest BCUT2D eigenvalue weighted by Crippen LogP contribution is 2.27. The molecule has 15 heavy (non-hydrogen) atoms. The summed E-state index contributed by atoms with van der Waals surface area (Å²) in [6.07, 6.45) is 7.09. The second-order valence-electron chi connectivity index (χ2n) is 4.15. The van der Waals surface area contributed by atoms with Crippen LogP contribution < -0.4 is 4.72 Å². The lowest BCUT2D eigenvalue weighted by molar-refractivity contribution is 0.420. The van der Waals surface area contributed by atoms with E-state index in [4.69, 9.17) is 0 Å². The first-order valence-corrected chi connectivity index (χ1v) is 8.54. The largest absolute Gasteiger partial charge is 0.212 e. The molecule has 1 saturated carbocycles. The van der Waals surface area contributed by atoms with Gasteiger partial charge in [0.05, 0.1) is 5.75 Å². The fourth-order valence-corrected chi connectivity index (χ4v) is 4.14. The van der Waals surface area contributed by atoms with Crippen LogP contribution in [0.2, 0.25) is 0 Å². The summed E-state index contributed by atoms with van der Waals surface area (Å²) < 4.78 is 25.9. The van der Waals surface area contributed by atoms with Gasteiger partial charge in [0.2, 0.25) is 10.0 Å². The molecule has 0 amide bonds. The Morgan fingerprint density at radius 3 is 2.33 bits per heavy atom. The molecule has 0 atom stereocenters. The maximum absolute atomic E-state index is 11.5. The summed E-state index contributed by atoms with van der Waals surface area (Å²) in [6, 6.07) is 0.185. The molecule has 0 saturated heterocycles. The van der Waals surface area contributed by atoms with Crippen molar-refractivity contribution in [1.29, 1.82) is 0 Å². The van der Waals surface area contributed by atoms with Gasteiger partial charge < -0.3 is 0 Å². The molecule has 0 bridgehead atoms. The van der Waals surface area contributed by atoms with Crippen molar-refractivity contribution >= 4 is 21.8 Å². The maximum atomic E-state index is 11.5. The Kier molecular flexibility index (Phi) is 5.43. The highest BCUT2D eigenvalue weighted by molar-refractivity contribution is 7.99. The number of hydrogen-bond donors (Lipinski definition) is 1. The molecule has 1 fully saturated rings. The number of nitrogens with one attached hydrogen (secondary N) is 1. The maximum Gasteiger partial charge on any atom is 0.211 e. The van der Waals surface area contributed by atoms with Gasteiger partial charge in [0.25, 0.3) is 0 Å². The van der Waals surface area contributed by atoms with Crippen LogP contribution in [0.4, 0.5) is 0 Å². The monoisotopic (exact) mass is 251 g/mol. The Labute approximate surface area is 97.5 Å². The van der Waals surface area contributed by atoms with E-state index in [0.29, 0.717) is 6.42 Å². The zero-order valence-corrected chi connectivity index (χ0v) is 11.2. The van der Waals surface area contributed by atoms with E-state index in [0.717, 1.165) is 30.9 Å². The topological polar surface area (TPSA) is 46.2 Å². The molecular formula is C10H21NO2S2. The van der Waals surface area contributed by atoms with Crippen molar-refractivity contribution in [3.8, 4) is 0 Å². The standard InChI is InChI=1S/C10H21NO2S2/c1-3-8-15(12,13)11-9-4-6-10(14-2)7-5-9/h9-11H,3-8H2,1-2H3. The fraction of sp³-hybridized carbons (Fsp3) is 1.00. The molecule has 1 aliphatic carbocycles. The third-order valence-electron chi connectivity index (χ3n) is 2.83. The Morgan fingerprint density at radius 1 is 1.27 bits per heavy atom. The molecule has 0 aromatic carbocycles. The minimum absolute atomic E-state index is 0.185. The molecule has 5 heteroatoms. The van der Waals surface area contributed by atoms with Crippen molar-refractivity contribution in [3.63, 3.8) is 0 Å². The SMILES string of the molecule is CCCS(=O)(=O)NC1CCC(SC)CC1. The Bertz CT molecular complexity index is 269. The van der Waals surface area contributed by atoms with Gasteiger partial charge in [-0.25, -0.2) is 13.1 Å². The Hall–Kier alpha value is 0.260. The van der Waals surface area contributed by atoms with Gasteiger partial charge >= 0.3 is 0 Å². The minimum Gasteiger partial charge on any atom is -0.212 e. The lowest BCUT2D eigenvalue weighted by Crippen LogP contribution is -2.39. The van der Waals surface area contributed by atoms with Crippen LogP contribution in [0.15, 0.2) is 0 Å². The summed E-state index contributed by atoms with van der Waals surface area (Å²) >= 11 is 1.90. The average Bonchev–Trinajstić information content (AvgIpc) is 2.18. The Balaban J connectivity index is 2.35. The molecular weight excluding hydrogens is 230 g/mol. The van der Waals surface area contributed by atoms with Crippen molar-refractivity contribution in [2.75, 3.05) is 12.0 Å². The minimum atomic E-state index is -3.01. The van der Waals surface area contributed by atoms with E-state index >= 15 is 0 Å². The summed E-state index contributed by atoms with van der Waals surface area (Å²) in [5.74, 6) is 0.259. The third-order valence-corrected chi connectivity index (χ3v) is 5.60. The molecule has 1 aliphatic rings. The summed E-state index contributed by atoms with van der Waals surface area (Å²) in [7, 11) is -3.01. The first-order valence-electron chi connectivity index (χ1n) is 5.60. The van der Waals surface area contributed by atoms with Gasteiger partial charge in [0.1, 0.15) is 0 Å². The van der Waals surface area contributed by atoms with E-state index in [1.807, 2.05) is 18.7 Å². The molecule has 0 spiro atoms. The molecule has 0 aromatic heterocycles. The highest BCUT2D eigenvalue weighted by Gasteiger charge is 2.23. The number of hydrogen-bond acceptors (Lipinski definition) is 3. The normalized spacial score (nSPS) is 27.9.